The summed E-state index contributed by atoms with van der Waals surface area (Å²) in [5.74, 6) is -0.357. The zero-order valence-electron chi connectivity index (χ0n) is 20.4. The molecule has 7 heteroatoms. The summed E-state index contributed by atoms with van der Waals surface area (Å²) in [5, 5.41) is 5.94. The summed E-state index contributed by atoms with van der Waals surface area (Å²) in [6, 6.07) is 13.1. The molecule has 1 aliphatic heterocycles. The summed E-state index contributed by atoms with van der Waals surface area (Å²) in [5.41, 5.74) is 3.70. The first kappa shape index (κ1) is 24.7. The van der Waals surface area contributed by atoms with Gasteiger partial charge in [0.05, 0.1) is 18.8 Å². The van der Waals surface area contributed by atoms with Gasteiger partial charge in [-0.3, -0.25) is 14.5 Å². The van der Waals surface area contributed by atoms with Gasteiger partial charge >= 0.3 is 0 Å². The number of carbonyl (C=O) groups is 2. The number of carbonyl (C=O) groups excluding carboxylic acids is 2. The normalized spacial score (nSPS) is 14.6. The van der Waals surface area contributed by atoms with E-state index in [1.54, 1.807) is 6.07 Å². The van der Waals surface area contributed by atoms with Gasteiger partial charge in [0.25, 0.3) is 11.8 Å². The topological polar surface area (TPSA) is 73.9 Å². The van der Waals surface area contributed by atoms with Crippen LogP contribution in [-0.2, 0) is 10.2 Å². The highest BCUT2D eigenvalue weighted by Crippen LogP contribution is 2.25. The molecule has 1 fully saturated rings. The predicted octanol–water partition coefficient (Wildman–Crippen LogP) is 3.36. The molecule has 33 heavy (non-hydrogen) atoms. The van der Waals surface area contributed by atoms with Crippen LogP contribution < -0.4 is 15.5 Å². The number of ether oxygens (including phenoxy) is 1. The Kier molecular flexibility index (Phi) is 8.10. The summed E-state index contributed by atoms with van der Waals surface area (Å²) in [6.45, 7) is 11.0. The Morgan fingerprint density at radius 3 is 2.27 bits per heavy atom. The van der Waals surface area contributed by atoms with Crippen molar-refractivity contribution >= 4 is 23.2 Å². The quantitative estimate of drug-likeness (QED) is 0.674. The second-order valence-corrected chi connectivity index (χ2v) is 9.62. The van der Waals surface area contributed by atoms with Crippen molar-refractivity contribution < 1.29 is 14.3 Å². The molecule has 2 aromatic carbocycles. The first-order chi connectivity index (χ1) is 15.6. The van der Waals surface area contributed by atoms with Crippen LogP contribution in [-0.4, -0.2) is 70.2 Å². The number of hydrogen-bond acceptors (Lipinski definition) is 5. The molecule has 0 aromatic heterocycles. The Balaban J connectivity index is 1.68. The fourth-order valence-corrected chi connectivity index (χ4v) is 3.76. The standard InChI is InChI=1S/C26H36N4O3/c1-26(2,3)20-8-6-19(7-9-20)24(31)28-21-10-11-23(29(4)5)22(18-21)25(32)27-12-13-30-14-16-33-17-15-30/h6-11,18H,12-17H2,1-5H3,(H,27,32)(H,28,31). The van der Waals surface area contributed by atoms with E-state index in [1.165, 1.54) is 5.56 Å². The zero-order valence-corrected chi connectivity index (χ0v) is 20.4. The van der Waals surface area contributed by atoms with Crippen LogP contribution in [0.3, 0.4) is 0 Å². The number of nitrogens with one attached hydrogen (secondary N) is 2. The number of benzene rings is 2. The summed E-state index contributed by atoms with van der Waals surface area (Å²) in [7, 11) is 3.80. The second-order valence-electron chi connectivity index (χ2n) is 9.62. The van der Waals surface area contributed by atoms with E-state index in [0.29, 0.717) is 23.4 Å². The molecule has 3 rings (SSSR count). The van der Waals surface area contributed by atoms with Gasteiger partial charge in [0, 0.05) is 57.2 Å². The second kappa shape index (κ2) is 10.8. The van der Waals surface area contributed by atoms with Crippen molar-refractivity contribution in [3.05, 3.63) is 59.2 Å². The Bertz CT molecular complexity index is 958. The Labute approximate surface area is 197 Å². The molecule has 1 heterocycles. The van der Waals surface area contributed by atoms with Gasteiger partial charge < -0.3 is 20.3 Å². The van der Waals surface area contributed by atoms with Crippen LogP contribution >= 0.6 is 0 Å². The van der Waals surface area contributed by atoms with Crippen molar-refractivity contribution in [2.45, 2.75) is 26.2 Å². The molecule has 0 spiro atoms. The average molecular weight is 453 g/mol. The molecule has 178 valence electrons. The van der Waals surface area contributed by atoms with Crippen LogP contribution in [0.2, 0.25) is 0 Å². The molecule has 7 nitrogen and oxygen atoms in total. The van der Waals surface area contributed by atoms with E-state index < -0.39 is 0 Å². The number of rotatable bonds is 7. The lowest BCUT2D eigenvalue weighted by molar-refractivity contribution is 0.0383. The average Bonchev–Trinajstić information content (AvgIpc) is 2.79. The molecule has 0 atom stereocenters. The predicted molar refractivity (Wildman–Crippen MR) is 133 cm³/mol. The Hall–Kier alpha value is -2.90. The van der Waals surface area contributed by atoms with Gasteiger partial charge in [0.1, 0.15) is 0 Å². The smallest absolute Gasteiger partial charge is 0.255 e. The van der Waals surface area contributed by atoms with Gasteiger partial charge in [-0.25, -0.2) is 0 Å². The van der Waals surface area contributed by atoms with Crippen molar-refractivity contribution in [1.82, 2.24) is 10.2 Å². The maximum Gasteiger partial charge on any atom is 0.255 e. The number of amides is 2. The highest BCUT2D eigenvalue weighted by atomic mass is 16.5. The van der Waals surface area contributed by atoms with Crippen LogP contribution in [0.15, 0.2) is 42.5 Å². The highest BCUT2D eigenvalue weighted by molar-refractivity contribution is 6.06. The van der Waals surface area contributed by atoms with Crippen molar-refractivity contribution in [1.29, 1.82) is 0 Å². The highest BCUT2D eigenvalue weighted by Gasteiger charge is 2.17. The van der Waals surface area contributed by atoms with Crippen LogP contribution in [0.4, 0.5) is 11.4 Å². The van der Waals surface area contributed by atoms with E-state index in [2.05, 4.69) is 36.3 Å². The molecular formula is C26H36N4O3. The van der Waals surface area contributed by atoms with Crippen LogP contribution in [0, 0.1) is 0 Å². The maximum atomic E-state index is 13.0. The largest absolute Gasteiger partial charge is 0.379 e. The lowest BCUT2D eigenvalue weighted by Crippen LogP contribution is -2.41. The van der Waals surface area contributed by atoms with Gasteiger partial charge in [-0.1, -0.05) is 32.9 Å². The van der Waals surface area contributed by atoms with E-state index in [4.69, 9.17) is 4.74 Å². The van der Waals surface area contributed by atoms with Crippen LogP contribution in [0.25, 0.3) is 0 Å². The summed E-state index contributed by atoms with van der Waals surface area (Å²) >= 11 is 0. The third kappa shape index (κ3) is 6.79. The zero-order chi connectivity index (χ0) is 24.0. The molecule has 0 saturated carbocycles. The molecule has 0 aliphatic carbocycles. The number of morpholine rings is 1. The minimum Gasteiger partial charge on any atom is -0.379 e. The number of nitrogens with zero attached hydrogens (tertiary/aromatic N) is 2. The van der Waals surface area contributed by atoms with Crippen molar-refractivity contribution in [3.63, 3.8) is 0 Å². The van der Waals surface area contributed by atoms with E-state index in [1.807, 2.05) is 55.4 Å². The molecule has 2 N–H and O–H groups in total. The van der Waals surface area contributed by atoms with Gasteiger partial charge in [0.2, 0.25) is 0 Å². The van der Waals surface area contributed by atoms with Crippen molar-refractivity contribution in [3.8, 4) is 0 Å². The van der Waals surface area contributed by atoms with Gasteiger partial charge in [-0.05, 0) is 41.3 Å². The summed E-state index contributed by atoms with van der Waals surface area (Å²) in [4.78, 5) is 29.9. The lowest BCUT2D eigenvalue weighted by Gasteiger charge is -2.26. The molecule has 2 aromatic rings. The fourth-order valence-electron chi connectivity index (χ4n) is 3.76. The molecule has 0 radical (unpaired) electrons. The van der Waals surface area contributed by atoms with E-state index in [9.17, 15) is 9.59 Å². The monoisotopic (exact) mass is 452 g/mol. The van der Waals surface area contributed by atoms with Gasteiger partial charge in [-0.2, -0.15) is 0 Å². The molecule has 1 saturated heterocycles. The summed E-state index contributed by atoms with van der Waals surface area (Å²) < 4.78 is 5.37. The molecular weight excluding hydrogens is 416 g/mol. The minimum atomic E-state index is -0.202. The SMILES string of the molecule is CN(C)c1ccc(NC(=O)c2ccc(C(C)(C)C)cc2)cc1C(=O)NCCN1CCOCC1. The molecule has 0 unspecified atom stereocenters. The molecule has 1 aliphatic rings. The first-order valence-corrected chi connectivity index (χ1v) is 11.5. The van der Waals surface area contributed by atoms with Gasteiger partial charge in [0.15, 0.2) is 0 Å². The third-order valence-corrected chi connectivity index (χ3v) is 5.81. The maximum absolute atomic E-state index is 13.0. The fraction of sp³-hybridized carbons (Fsp3) is 0.462. The molecule has 2 amide bonds. The van der Waals surface area contributed by atoms with Crippen LogP contribution in [0.5, 0.6) is 0 Å². The van der Waals surface area contributed by atoms with Crippen molar-refractivity contribution in [2.75, 3.05) is 63.7 Å². The van der Waals surface area contributed by atoms with E-state index >= 15 is 0 Å². The summed E-state index contributed by atoms with van der Waals surface area (Å²) in [6.07, 6.45) is 0. The van der Waals surface area contributed by atoms with E-state index in [-0.39, 0.29) is 17.2 Å². The van der Waals surface area contributed by atoms with E-state index in [0.717, 1.165) is 38.5 Å². The van der Waals surface area contributed by atoms with Gasteiger partial charge in [-0.15, -0.1) is 0 Å². The minimum absolute atomic E-state index is 0.0288. The Morgan fingerprint density at radius 2 is 1.67 bits per heavy atom. The Morgan fingerprint density at radius 1 is 1.00 bits per heavy atom. The number of anilines is 2. The van der Waals surface area contributed by atoms with Crippen molar-refractivity contribution in [2.24, 2.45) is 0 Å². The lowest BCUT2D eigenvalue weighted by atomic mass is 9.87. The van der Waals surface area contributed by atoms with Crippen LogP contribution in [0.1, 0.15) is 47.1 Å². The third-order valence-electron chi connectivity index (χ3n) is 5.81. The molecule has 0 bridgehead atoms. The first-order valence-electron chi connectivity index (χ1n) is 11.5. The number of hydrogen-bond donors (Lipinski definition) is 2.